The molecule has 1 aromatic carbocycles. The highest BCUT2D eigenvalue weighted by Gasteiger charge is 2.44. The Labute approximate surface area is 259 Å². The standard InChI is InChI=1S/C31H34F2N4O5S2/c32-31(33)13-15-35(16-14-31)27-12-11-23(18-34-27)44(41,42)36-19-25(21-7-3-1-4-8-21)37(28(38)20-36)24-17-26(43-29(24)30(39)40)22-9-5-2-6-10-22/h2,5-6,9-12,17-18,21,25H,1,3-4,7-8,13-16,19-20H2,(H,39,40). The second-order valence-electron chi connectivity index (χ2n) is 11.7. The van der Waals surface area contributed by atoms with Crippen LogP contribution in [-0.2, 0) is 14.8 Å². The van der Waals surface area contributed by atoms with Crippen LogP contribution in [0.1, 0.15) is 54.6 Å². The lowest BCUT2D eigenvalue weighted by molar-refractivity contribution is -0.121. The summed E-state index contributed by atoms with van der Waals surface area (Å²) in [5.41, 5.74) is 1.14. The summed E-state index contributed by atoms with van der Waals surface area (Å²) in [5.74, 6) is -3.89. The number of thiophene rings is 1. The summed E-state index contributed by atoms with van der Waals surface area (Å²) < 4.78 is 56.1. The van der Waals surface area contributed by atoms with Gasteiger partial charge in [0, 0.05) is 43.5 Å². The van der Waals surface area contributed by atoms with Crippen molar-refractivity contribution >= 4 is 44.7 Å². The number of halogens is 2. The maximum atomic E-state index is 13.9. The zero-order valence-corrected chi connectivity index (χ0v) is 25.7. The number of nitrogens with zero attached hydrogens (tertiary/aromatic N) is 4. The fourth-order valence-electron chi connectivity index (χ4n) is 6.52. The normalized spacial score (nSPS) is 21.9. The summed E-state index contributed by atoms with van der Waals surface area (Å²) in [7, 11) is -4.13. The predicted octanol–water partition coefficient (Wildman–Crippen LogP) is 5.73. The number of pyridine rings is 1. The molecule has 13 heteroatoms. The highest BCUT2D eigenvalue weighted by molar-refractivity contribution is 7.89. The third-order valence-electron chi connectivity index (χ3n) is 8.90. The number of rotatable bonds is 7. The van der Waals surface area contributed by atoms with Crippen LogP contribution in [0.5, 0.6) is 0 Å². The molecule has 234 valence electrons. The van der Waals surface area contributed by atoms with Crippen molar-refractivity contribution < 1.29 is 31.9 Å². The quantitative estimate of drug-likeness (QED) is 0.350. The molecule has 9 nitrogen and oxygen atoms in total. The fourth-order valence-corrected chi connectivity index (χ4v) is 8.87. The third kappa shape index (κ3) is 6.09. The van der Waals surface area contributed by atoms with E-state index >= 15 is 0 Å². The molecule has 1 atom stereocenters. The van der Waals surface area contributed by atoms with Gasteiger partial charge >= 0.3 is 5.97 Å². The number of amides is 1. The number of carboxylic acids is 1. The van der Waals surface area contributed by atoms with Crippen LogP contribution in [0.3, 0.4) is 0 Å². The van der Waals surface area contributed by atoms with Gasteiger partial charge in [-0.1, -0.05) is 49.6 Å². The molecule has 1 N–H and O–H groups in total. The van der Waals surface area contributed by atoms with Gasteiger partial charge < -0.3 is 14.9 Å². The van der Waals surface area contributed by atoms with Crippen LogP contribution in [0.25, 0.3) is 10.4 Å². The molecule has 0 radical (unpaired) electrons. The van der Waals surface area contributed by atoms with Crippen molar-refractivity contribution in [2.45, 2.75) is 61.8 Å². The first kappa shape index (κ1) is 30.6. The Morgan fingerprint density at radius 3 is 2.36 bits per heavy atom. The summed E-state index contributed by atoms with van der Waals surface area (Å²) >= 11 is 1.10. The van der Waals surface area contributed by atoms with Gasteiger partial charge in [0.2, 0.25) is 15.9 Å². The summed E-state index contributed by atoms with van der Waals surface area (Å²) in [6.07, 6.45) is 5.23. The maximum Gasteiger partial charge on any atom is 0.348 e. The van der Waals surface area contributed by atoms with Crippen LogP contribution in [0.4, 0.5) is 20.3 Å². The second kappa shape index (κ2) is 12.2. The first-order valence-corrected chi connectivity index (χ1v) is 17.1. The van der Waals surface area contributed by atoms with Crippen molar-refractivity contribution in [2.24, 2.45) is 5.92 Å². The number of piperazine rings is 1. The molecule has 1 saturated carbocycles. The Hall–Kier alpha value is -3.42. The third-order valence-corrected chi connectivity index (χ3v) is 11.9. The Bertz CT molecular complexity index is 1620. The Balaban J connectivity index is 1.30. The number of piperidine rings is 1. The molecule has 0 bridgehead atoms. The lowest BCUT2D eigenvalue weighted by atomic mass is 9.82. The molecule has 1 amide bonds. The molecule has 1 unspecified atom stereocenters. The van der Waals surface area contributed by atoms with Crippen molar-refractivity contribution in [1.82, 2.24) is 9.29 Å². The number of benzene rings is 1. The minimum absolute atomic E-state index is 0.00477. The molecule has 2 saturated heterocycles. The Morgan fingerprint density at radius 2 is 1.73 bits per heavy atom. The highest BCUT2D eigenvalue weighted by atomic mass is 32.2. The van der Waals surface area contributed by atoms with Crippen molar-refractivity contribution in [1.29, 1.82) is 0 Å². The van der Waals surface area contributed by atoms with E-state index in [1.54, 1.807) is 15.9 Å². The van der Waals surface area contributed by atoms with Crippen LogP contribution in [0.2, 0.25) is 0 Å². The highest BCUT2D eigenvalue weighted by Crippen LogP contribution is 2.42. The lowest BCUT2D eigenvalue weighted by Gasteiger charge is -2.44. The molecule has 2 aromatic heterocycles. The van der Waals surface area contributed by atoms with Crippen LogP contribution in [0.15, 0.2) is 59.6 Å². The van der Waals surface area contributed by atoms with E-state index in [0.29, 0.717) is 16.4 Å². The smallest absolute Gasteiger partial charge is 0.348 e. The molecule has 3 aromatic rings. The molecule has 3 aliphatic rings. The van der Waals surface area contributed by atoms with Crippen LogP contribution in [-0.4, -0.2) is 72.8 Å². The average Bonchev–Trinajstić information content (AvgIpc) is 3.47. The number of carboxylic acid groups (broad SMARTS) is 1. The van der Waals surface area contributed by atoms with Gasteiger partial charge in [-0.05, 0) is 42.5 Å². The molecule has 3 fully saturated rings. The summed E-state index contributed by atoms with van der Waals surface area (Å²) in [6.45, 7) is -0.168. The van der Waals surface area contributed by atoms with Crippen LogP contribution >= 0.6 is 11.3 Å². The van der Waals surface area contributed by atoms with E-state index < -0.39 is 40.4 Å². The van der Waals surface area contributed by atoms with Gasteiger partial charge in [-0.25, -0.2) is 27.0 Å². The number of hydrogen-bond acceptors (Lipinski definition) is 7. The van der Waals surface area contributed by atoms with Gasteiger partial charge in [-0.3, -0.25) is 4.79 Å². The van der Waals surface area contributed by atoms with Gasteiger partial charge in [0.1, 0.15) is 15.6 Å². The SMILES string of the molecule is O=C(O)c1sc(-c2ccccc2)cc1N1C(=O)CN(S(=O)(=O)c2ccc(N3CCC(F)(F)CC3)nc2)CC1C1CCCCC1. The number of aromatic carboxylic acids is 1. The van der Waals surface area contributed by atoms with E-state index in [9.17, 15) is 31.9 Å². The van der Waals surface area contributed by atoms with E-state index in [0.717, 1.165) is 49.0 Å². The first-order valence-electron chi connectivity index (χ1n) is 14.9. The van der Waals surface area contributed by atoms with Crippen LogP contribution in [0, 0.1) is 5.92 Å². The van der Waals surface area contributed by atoms with Crippen molar-refractivity contribution in [3.05, 3.63) is 59.6 Å². The van der Waals surface area contributed by atoms with E-state index in [2.05, 4.69) is 4.98 Å². The second-order valence-corrected chi connectivity index (χ2v) is 14.7. The van der Waals surface area contributed by atoms with Gasteiger partial charge in [0.05, 0.1) is 18.3 Å². The number of anilines is 2. The number of aromatic nitrogens is 1. The monoisotopic (exact) mass is 644 g/mol. The number of hydrogen-bond donors (Lipinski definition) is 1. The fraction of sp³-hybridized carbons (Fsp3) is 0.452. The topological polar surface area (TPSA) is 111 Å². The summed E-state index contributed by atoms with van der Waals surface area (Å²) in [5, 5.41) is 10.1. The molecule has 2 aliphatic heterocycles. The molecule has 44 heavy (non-hydrogen) atoms. The van der Waals surface area contributed by atoms with Crippen molar-refractivity contribution in [3.8, 4) is 10.4 Å². The van der Waals surface area contributed by atoms with Gasteiger partial charge in [0.15, 0.2) is 0 Å². The van der Waals surface area contributed by atoms with Crippen molar-refractivity contribution in [3.63, 3.8) is 0 Å². The molecule has 0 spiro atoms. The maximum absolute atomic E-state index is 13.9. The van der Waals surface area contributed by atoms with E-state index in [1.807, 2.05) is 30.3 Å². The van der Waals surface area contributed by atoms with Crippen LogP contribution < -0.4 is 9.80 Å². The molecule has 6 rings (SSSR count). The number of carbonyl (C=O) groups excluding carboxylic acids is 1. The van der Waals surface area contributed by atoms with Gasteiger partial charge in [0.25, 0.3) is 5.92 Å². The van der Waals surface area contributed by atoms with Crippen molar-refractivity contribution in [2.75, 3.05) is 36.0 Å². The molecular weight excluding hydrogens is 610 g/mol. The largest absolute Gasteiger partial charge is 0.477 e. The Kier molecular flexibility index (Phi) is 8.46. The van der Waals surface area contributed by atoms with E-state index in [-0.39, 0.29) is 48.2 Å². The number of alkyl halides is 2. The van der Waals surface area contributed by atoms with E-state index in [1.165, 1.54) is 22.6 Å². The summed E-state index contributed by atoms with van der Waals surface area (Å²) in [4.78, 5) is 34.5. The zero-order valence-electron chi connectivity index (χ0n) is 24.1. The Morgan fingerprint density at radius 1 is 1.02 bits per heavy atom. The molecule has 1 aliphatic carbocycles. The minimum Gasteiger partial charge on any atom is -0.477 e. The molecule has 4 heterocycles. The van der Waals surface area contributed by atoms with Gasteiger partial charge in [-0.15, -0.1) is 11.3 Å². The predicted molar refractivity (Wildman–Crippen MR) is 164 cm³/mol. The lowest BCUT2D eigenvalue weighted by Crippen LogP contribution is -2.60. The minimum atomic E-state index is -4.13. The number of carbonyl (C=O) groups is 2. The summed E-state index contributed by atoms with van der Waals surface area (Å²) in [6, 6.07) is 13.5. The first-order chi connectivity index (χ1) is 21.0. The number of sulfonamides is 1. The van der Waals surface area contributed by atoms with Gasteiger partial charge in [-0.2, -0.15) is 4.31 Å². The van der Waals surface area contributed by atoms with E-state index in [4.69, 9.17) is 0 Å². The molecular formula is C31H34F2N4O5S2. The zero-order chi connectivity index (χ0) is 31.1. The average molecular weight is 645 g/mol.